The third-order valence-electron chi connectivity index (χ3n) is 2.12. The first-order valence-electron chi connectivity index (χ1n) is 5.71. The Bertz CT molecular complexity index is 315. The summed E-state index contributed by atoms with van der Waals surface area (Å²) in [5.74, 6) is 1.58. The largest absolute Gasteiger partial charge is 0.487 e. The van der Waals surface area contributed by atoms with Crippen LogP contribution in [0.4, 0.5) is 5.82 Å². The summed E-state index contributed by atoms with van der Waals surface area (Å²) in [7, 11) is 0. The predicted octanol–water partition coefficient (Wildman–Crippen LogP) is 2.02. The summed E-state index contributed by atoms with van der Waals surface area (Å²) in [5, 5.41) is 3.30. The van der Waals surface area contributed by atoms with Gasteiger partial charge in [0.1, 0.15) is 0 Å². The molecule has 0 aliphatic heterocycles. The number of nitrogens with zero attached hydrogens (tertiary/aromatic N) is 1. The van der Waals surface area contributed by atoms with E-state index in [0.29, 0.717) is 12.6 Å². The number of ether oxygens (including phenoxy) is 1. The van der Waals surface area contributed by atoms with Gasteiger partial charge in [0.05, 0.1) is 6.10 Å². The highest BCUT2D eigenvalue weighted by atomic mass is 16.5. The van der Waals surface area contributed by atoms with Gasteiger partial charge in [0, 0.05) is 12.2 Å². The number of nitrogens with one attached hydrogen (secondary N) is 1. The van der Waals surface area contributed by atoms with Gasteiger partial charge in [-0.15, -0.1) is 0 Å². The lowest BCUT2D eigenvalue weighted by Gasteiger charge is -2.17. The van der Waals surface area contributed by atoms with E-state index < -0.39 is 0 Å². The van der Waals surface area contributed by atoms with Crippen LogP contribution in [0.1, 0.15) is 27.2 Å². The van der Waals surface area contributed by atoms with Crippen molar-refractivity contribution in [3.8, 4) is 5.75 Å². The van der Waals surface area contributed by atoms with E-state index in [2.05, 4.69) is 17.2 Å². The lowest BCUT2D eigenvalue weighted by molar-refractivity contribution is 0.242. The number of hydrogen-bond acceptors (Lipinski definition) is 4. The maximum atomic E-state index is 5.67. The molecular weight excluding hydrogens is 202 g/mol. The van der Waals surface area contributed by atoms with Crippen molar-refractivity contribution in [1.82, 2.24) is 4.98 Å². The van der Waals surface area contributed by atoms with Crippen LogP contribution in [0.15, 0.2) is 18.3 Å². The van der Waals surface area contributed by atoms with Crippen molar-refractivity contribution < 1.29 is 4.74 Å². The number of rotatable bonds is 6. The van der Waals surface area contributed by atoms with Crippen molar-refractivity contribution >= 4 is 5.82 Å². The molecule has 0 aliphatic rings. The van der Waals surface area contributed by atoms with E-state index >= 15 is 0 Å². The molecule has 1 unspecified atom stereocenters. The number of anilines is 1. The number of pyridine rings is 1. The first-order chi connectivity index (χ1) is 7.63. The van der Waals surface area contributed by atoms with E-state index in [1.165, 1.54) is 0 Å². The highest BCUT2D eigenvalue weighted by Crippen LogP contribution is 2.22. The molecule has 0 radical (unpaired) electrons. The third-order valence-corrected chi connectivity index (χ3v) is 2.12. The Hall–Kier alpha value is -1.29. The maximum Gasteiger partial charge on any atom is 0.168 e. The topological polar surface area (TPSA) is 60.2 Å². The molecule has 1 aromatic heterocycles. The molecule has 0 saturated carbocycles. The smallest absolute Gasteiger partial charge is 0.168 e. The zero-order valence-electron chi connectivity index (χ0n) is 10.2. The molecule has 1 heterocycles. The number of hydrogen-bond donors (Lipinski definition) is 2. The Morgan fingerprint density at radius 3 is 2.81 bits per heavy atom. The molecule has 0 amide bonds. The van der Waals surface area contributed by atoms with Gasteiger partial charge < -0.3 is 15.8 Å². The van der Waals surface area contributed by atoms with E-state index in [-0.39, 0.29) is 6.10 Å². The van der Waals surface area contributed by atoms with Crippen molar-refractivity contribution in [3.05, 3.63) is 18.3 Å². The average Bonchev–Trinajstić information content (AvgIpc) is 2.20. The average molecular weight is 223 g/mol. The summed E-state index contributed by atoms with van der Waals surface area (Å²) in [6.07, 6.45) is 2.82. The standard InChI is InChI=1S/C12H21N3O/c1-9(2)16-11-5-4-8-14-12(11)15-10(3)6-7-13/h4-5,8-10H,6-7,13H2,1-3H3,(H,14,15). The fraction of sp³-hybridized carbons (Fsp3) is 0.583. The summed E-state index contributed by atoms with van der Waals surface area (Å²) < 4.78 is 5.67. The number of aromatic nitrogens is 1. The quantitative estimate of drug-likeness (QED) is 0.774. The van der Waals surface area contributed by atoms with Crippen LogP contribution in [0.3, 0.4) is 0 Å². The van der Waals surface area contributed by atoms with Crippen LogP contribution < -0.4 is 15.8 Å². The van der Waals surface area contributed by atoms with Gasteiger partial charge in [-0.1, -0.05) is 0 Å². The van der Waals surface area contributed by atoms with Gasteiger partial charge in [-0.25, -0.2) is 4.98 Å². The van der Waals surface area contributed by atoms with Crippen LogP contribution in [-0.2, 0) is 0 Å². The minimum atomic E-state index is 0.148. The monoisotopic (exact) mass is 223 g/mol. The summed E-state index contributed by atoms with van der Waals surface area (Å²) in [5.41, 5.74) is 5.51. The minimum Gasteiger partial charge on any atom is -0.487 e. The van der Waals surface area contributed by atoms with E-state index in [4.69, 9.17) is 10.5 Å². The molecular formula is C12H21N3O. The molecule has 1 aromatic rings. The van der Waals surface area contributed by atoms with Gasteiger partial charge >= 0.3 is 0 Å². The zero-order valence-corrected chi connectivity index (χ0v) is 10.2. The Balaban J connectivity index is 2.70. The molecule has 0 aliphatic carbocycles. The predicted molar refractivity (Wildman–Crippen MR) is 66.8 cm³/mol. The van der Waals surface area contributed by atoms with Crippen molar-refractivity contribution in [3.63, 3.8) is 0 Å². The second-order valence-corrected chi connectivity index (χ2v) is 4.14. The van der Waals surface area contributed by atoms with Crippen LogP contribution in [0.2, 0.25) is 0 Å². The lowest BCUT2D eigenvalue weighted by atomic mass is 10.2. The van der Waals surface area contributed by atoms with E-state index in [9.17, 15) is 0 Å². The highest BCUT2D eigenvalue weighted by molar-refractivity contribution is 5.50. The molecule has 4 nitrogen and oxygen atoms in total. The molecule has 0 spiro atoms. The summed E-state index contributed by atoms with van der Waals surface area (Å²) in [4.78, 5) is 4.28. The van der Waals surface area contributed by atoms with E-state index in [0.717, 1.165) is 18.0 Å². The Labute approximate surface area is 97.2 Å². The SMILES string of the molecule is CC(CCN)Nc1ncccc1OC(C)C. The fourth-order valence-electron chi connectivity index (χ4n) is 1.40. The van der Waals surface area contributed by atoms with Gasteiger partial charge in [0.25, 0.3) is 0 Å². The Morgan fingerprint density at radius 2 is 2.19 bits per heavy atom. The molecule has 0 fully saturated rings. The van der Waals surface area contributed by atoms with Crippen molar-refractivity contribution in [1.29, 1.82) is 0 Å². The molecule has 0 bridgehead atoms. The van der Waals surface area contributed by atoms with Crippen molar-refractivity contribution in [2.45, 2.75) is 39.3 Å². The molecule has 3 N–H and O–H groups in total. The first-order valence-corrected chi connectivity index (χ1v) is 5.71. The molecule has 1 rings (SSSR count). The van der Waals surface area contributed by atoms with Gasteiger partial charge in [-0.05, 0) is 45.9 Å². The lowest BCUT2D eigenvalue weighted by Crippen LogP contribution is -2.21. The summed E-state index contributed by atoms with van der Waals surface area (Å²) in [6, 6.07) is 4.09. The molecule has 0 saturated heterocycles. The maximum absolute atomic E-state index is 5.67. The van der Waals surface area contributed by atoms with Gasteiger partial charge in [-0.2, -0.15) is 0 Å². The molecule has 0 aromatic carbocycles. The van der Waals surface area contributed by atoms with Crippen LogP contribution in [0, 0.1) is 0 Å². The Morgan fingerprint density at radius 1 is 1.44 bits per heavy atom. The van der Waals surface area contributed by atoms with Crippen LogP contribution in [0.5, 0.6) is 5.75 Å². The van der Waals surface area contributed by atoms with E-state index in [1.54, 1.807) is 6.20 Å². The second kappa shape index (κ2) is 6.33. The highest BCUT2D eigenvalue weighted by Gasteiger charge is 2.08. The van der Waals surface area contributed by atoms with Crippen LogP contribution in [0.25, 0.3) is 0 Å². The normalized spacial score (nSPS) is 12.6. The molecule has 1 atom stereocenters. The fourth-order valence-corrected chi connectivity index (χ4v) is 1.40. The zero-order chi connectivity index (χ0) is 12.0. The van der Waals surface area contributed by atoms with Crippen molar-refractivity contribution in [2.75, 3.05) is 11.9 Å². The molecule has 16 heavy (non-hydrogen) atoms. The van der Waals surface area contributed by atoms with E-state index in [1.807, 2.05) is 26.0 Å². The van der Waals surface area contributed by atoms with Gasteiger partial charge in [0.15, 0.2) is 11.6 Å². The second-order valence-electron chi connectivity index (χ2n) is 4.14. The molecule has 4 heteroatoms. The molecule has 90 valence electrons. The third kappa shape index (κ3) is 4.06. The first kappa shape index (κ1) is 12.8. The van der Waals surface area contributed by atoms with Crippen LogP contribution in [-0.4, -0.2) is 23.7 Å². The van der Waals surface area contributed by atoms with Gasteiger partial charge in [-0.3, -0.25) is 0 Å². The van der Waals surface area contributed by atoms with Gasteiger partial charge in [0.2, 0.25) is 0 Å². The summed E-state index contributed by atoms with van der Waals surface area (Å²) >= 11 is 0. The van der Waals surface area contributed by atoms with Crippen molar-refractivity contribution in [2.24, 2.45) is 5.73 Å². The number of nitrogens with two attached hydrogens (primary N) is 1. The Kier molecular flexibility index (Phi) is 5.05. The minimum absolute atomic E-state index is 0.148. The van der Waals surface area contributed by atoms with Crippen LogP contribution >= 0.6 is 0 Å². The summed E-state index contributed by atoms with van der Waals surface area (Å²) in [6.45, 7) is 6.75.